The van der Waals surface area contributed by atoms with Gasteiger partial charge in [0.05, 0.1) is 25.3 Å². The molecule has 7 nitrogen and oxygen atoms in total. The third-order valence-corrected chi connectivity index (χ3v) is 3.12. The van der Waals surface area contributed by atoms with Crippen LogP contribution < -0.4 is 9.64 Å². The number of benzene rings is 1. The number of aromatic nitrogens is 1. The highest BCUT2D eigenvalue weighted by Gasteiger charge is 2.24. The zero-order valence-electron chi connectivity index (χ0n) is 11.0. The number of carboxylic acids is 1. The van der Waals surface area contributed by atoms with Gasteiger partial charge in [-0.25, -0.2) is 4.79 Å². The Bertz CT molecular complexity index is 694. The fraction of sp³-hybridized carbons (Fsp3) is 0.214. The third kappa shape index (κ3) is 2.58. The molecule has 0 atom stereocenters. The van der Waals surface area contributed by atoms with Crippen molar-refractivity contribution in [2.45, 2.75) is 13.0 Å². The van der Waals surface area contributed by atoms with Crippen LogP contribution in [0.4, 0.5) is 5.69 Å². The minimum Gasteiger partial charge on any atom is -0.491 e. The van der Waals surface area contributed by atoms with Gasteiger partial charge in [0.25, 0.3) is 0 Å². The number of fused-ring (bicyclic) bond motifs is 1. The number of carbonyl (C=O) groups excluding carboxylic acids is 1. The predicted octanol–water partition coefficient (Wildman–Crippen LogP) is 1.69. The molecule has 0 radical (unpaired) electrons. The molecule has 0 saturated carbocycles. The molecule has 108 valence electrons. The van der Waals surface area contributed by atoms with Crippen LogP contribution in [-0.4, -0.2) is 28.7 Å². The Morgan fingerprint density at radius 3 is 2.95 bits per heavy atom. The predicted molar refractivity (Wildman–Crippen MR) is 71.2 cm³/mol. The maximum atomic E-state index is 12.2. The molecule has 0 saturated heterocycles. The highest BCUT2D eigenvalue weighted by atomic mass is 16.5. The lowest BCUT2D eigenvalue weighted by Crippen LogP contribution is -2.29. The van der Waals surface area contributed by atoms with E-state index in [0.29, 0.717) is 23.8 Å². The van der Waals surface area contributed by atoms with Gasteiger partial charge in [0, 0.05) is 6.07 Å². The van der Waals surface area contributed by atoms with Crippen LogP contribution in [-0.2, 0) is 11.3 Å². The van der Waals surface area contributed by atoms with E-state index in [9.17, 15) is 9.59 Å². The van der Waals surface area contributed by atoms with Gasteiger partial charge >= 0.3 is 5.97 Å². The summed E-state index contributed by atoms with van der Waals surface area (Å²) in [6, 6.07) is 8.49. The molecule has 3 rings (SSSR count). The van der Waals surface area contributed by atoms with Crippen molar-refractivity contribution in [2.24, 2.45) is 0 Å². The van der Waals surface area contributed by atoms with E-state index >= 15 is 0 Å². The summed E-state index contributed by atoms with van der Waals surface area (Å²) in [6.45, 7) is 0.419. The summed E-state index contributed by atoms with van der Waals surface area (Å²) in [4.78, 5) is 24.5. The minimum atomic E-state index is -1.17. The van der Waals surface area contributed by atoms with Gasteiger partial charge in [-0.1, -0.05) is 17.3 Å². The highest BCUT2D eigenvalue weighted by molar-refractivity contribution is 5.95. The van der Waals surface area contributed by atoms with Crippen molar-refractivity contribution in [1.82, 2.24) is 5.16 Å². The molecule has 2 aromatic rings. The van der Waals surface area contributed by atoms with Crippen molar-refractivity contribution in [1.29, 1.82) is 0 Å². The second-order valence-corrected chi connectivity index (χ2v) is 4.53. The molecule has 0 fully saturated rings. The molecule has 1 aromatic heterocycles. The normalized spacial score (nSPS) is 14.3. The molecule has 1 amide bonds. The zero-order valence-corrected chi connectivity index (χ0v) is 11.0. The zero-order chi connectivity index (χ0) is 14.8. The van der Waals surface area contributed by atoms with Crippen LogP contribution in [0, 0.1) is 0 Å². The molecular weight excluding hydrogens is 276 g/mol. The average molecular weight is 288 g/mol. The van der Waals surface area contributed by atoms with Crippen LogP contribution in [0.15, 0.2) is 34.9 Å². The Kier molecular flexibility index (Phi) is 3.31. The number of rotatable bonds is 3. The number of para-hydroxylation sites is 2. The summed E-state index contributed by atoms with van der Waals surface area (Å²) < 4.78 is 10.5. The van der Waals surface area contributed by atoms with E-state index in [-0.39, 0.29) is 24.6 Å². The number of hydrogen-bond acceptors (Lipinski definition) is 5. The number of ether oxygens (including phenoxy) is 1. The Hall–Kier alpha value is -2.83. The quantitative estimate of drug-likeness (QED) is 0.923. The lowest BCUT2D eigenvalue weighted by atomic mass is 10.2. The summed E-state index contributed by atoms with van der Waals surface area (Å²) in [6.07, 6.45) is 0.245. The summed E-state index contributed by atoms with van der Waals surface area (Å²) in [5, 5.41) is 12.3. The summed E-state index contributed by atoms with van der Waals surface area (Å²) in [7, 11) is 0. The van der Waals surface area contributed by atoms with Crippen LogP contribution in [0.2, 0.25) is 0 Å². The van der Waals surface area contributed by atoms with Gasteiger partial charge in [0.15, 0.2) is 11.5 Å². The first-order chi connectivity index (χ1) is 10.1. The SMILES string of the molecule is O=C(O)c1cc(CN2C(=O)CCOc3ccccc32)on1. The third-order valence-electron chi connectivity index (χ3n) is 3.12. The fourth-order valence-electron chi connectivity index (χ4n) is 2.14. The van der Waals surface area contributed by atoms with E-state index < -0.39 is 5.97 Å². The maximum Gasteiger partial charge on any atom is 0.358 e. The first-order valence-corrected chi connectivity index (χ1v) is 6.36. The topological polar surface area (TPSA) is 92.9 Å². The Balaban J connectivity index is 1.91. The van der Waals surface area contributed by atoms with E-state index in [4.69, 9.17) is 14.4 Å². The molecule has 0 aliphatic carbocycles. The van der Waals surface area contributed by atoms with Crippen molar-refractivity contribution >= 4 is 17.6 Å². The first-order valence-electron chi connectivity index (χ1n) is 6.36. The summed E-state index contributed by atoms with van der Waals surface area (Å²) in [5.41, 5.74) is 0.449. The van der Waals surface area contributed by atoms with E-state index in [0.717, 1.165) is 0 Å². The van der Waals surface area contributed by atoms with Crippen molar-refractivity contribution in [3.05, 3.63) is 41.8 Å². The molecule has 2 heterocycles. The molecule has 0 unspecified atom stereocenters. The van der Waals surface area contributed by atoms with Gasteiger partial charge in [-0.3, -0.25) is 4.79 Å². The number of amides is 1. The van der Waals surface area contributed by atoms with Gasteiger partial charge in [0.2, 0.25) is 5.91 Å². The molecule has 0 spiro atoms. The monoisotopic (exact) mass is 288 g/mol. The molecule has 21 heavy (non-hydrogen) atoms. The van der Waals surface area contributed by atoms with Crippen LogP contribution in [0.1, 0.15) is 22.7 Å². The number of carbonyl (C=O) groups is 2. The Morgan fingerprint density at radius 2 is 2.19 bits per heavy atom. The Morgan fingerprint density at radius 1 is 1.38 bits per heavy atom. The first kappa shape index (κ1) is 13.2. The van der Waals surface area contributed by atoms with Gasteiger partial charge in [-0.2, -0.15) is 0 Å². The molecule has 1 aliphatic rings. The van der Waals surface area contributed by atoms with Crippen molar-refractivity contribution in [3.8, 4) is 5.75 Å². The van der Waals surface area contributed by atoms with E-state index in [1.54, 1.807) is 18.2 Å². The second-order valence-electron chi connectivity index (χ2n) is 4.53. The number of carboxylic acid groups (broad SMARTS) is 1. The van der Waals surface area contributed by atoms with Crippen molar-refractivity contribution in [2.75, 3.05) is 11.5 Å². The average Bonchev–Trinajstić information content (AvgIpc) is 2.88. The van der Waals surface area contributed by atoms with E-state index in [1.807, 2.05) is 6.07 Å². The van der Waals surface area contributed by atoms with Crippen LogP contribution >= 0.6 is 0 Å². The number of hydrogen-bond donors (Lipinski definition) is 1. The summed E-state index contributed by atoms with van der Waals surface area (Å²) >= 11 is 0. The molecule has 0 bridgehead atoms. The molecule has 1 N–H and O–H groups in total. The largest absolute Gasteiger partial charge is 0.491 e. The van der Waals surface area contributed by atoms with Gasteiger partial charge in [0.1, 0.15) is 5.75 Å². The van der Waals surface area contributed by atoms with Crippen molar-refractivity contribution < 1.29 is 24.0 Å². The van der Waals surface area contributed by atoms with Gasteiger partial charge in [-0.05, 0) is 12.1 Å². The lowest BCUT2D eigenvalue weighted by molar-refractivity contribution is -0.119. The fourth-order valence-corrected chi connectivity index (χ4v) is 2.14. The lowest BCUT2D eigenvalue weighted by Gasteiger charge is -2.20. The van der Waals surface area contributed by atoms with Crippen LogP contribution in [0.25, 0.3) is 0 Å². The standard InChI is InChI=1S/C14H12N2O5/c17-13-5-6-20-12-4-2-1-3-11(12)16(13)8-9-7-10(14(18)19)15-21-9/h1-4,7H,5-6,8H2,(H,18,19). The molecular formula is C14H12N2O5. The molecule has 1 aromatic carbocycles. The maximum absolute atomic E-state index is 12.2. The van der Waals surface area contributed by atoms with Crippen molar-refractivity contribution in [3.63, 3.8) is 0 Å². The number of nitrogens with zero attached hydrogens (tertiary/aromatic N) is 2. The highest BCUT2D eigenvalue weighted by Crippen LogP contribution is 2.32. The van der Waals surface area contributed by atoms with Gasteiger partial charge in [-0.15, -0.1) is 0 Å². The van der Waals surface area contributed by atoms with Crippen LogP contribution in [0.3, 0.4) is 0 Å². The second kappa shape index (κ2) is 5.28. The van der Waals surface area contributed by atoms with Gasteiger partial charge < -0.3 is 19.3 Å². The molecule has 7 heteroatoms. The number of anilines is 1. The molecule has 1 aliphatic heterocycles. The van der Waals surface area contributed by atoms with Crippen LogP contribution in [0.5, 0.6) is 5.75 Å². The smallest absolute Gasteiger partial charge is 0.358 e. The number of aromatic carboxylic acids is 1. The Labute approximate surface area is 119 Å². The summed E-state index contributed by atoms with van der Waals surface area (Å²) in [5.74, 6) is -0.372. The minimum absolute atomic E-state index is 0.111. The van der Waals surface area contributed by atoms with E-state index in [2.05, 4.69) is 5.16 Å². The van der Waals surface area contributed by atoms with E-state index in [1.165, 1.54) is 11.0 Å².